The van der Waals surface area contributed by atoms with Gasteiger partial charge in [0, 0.05) is 43.7 Å². The number of methoxy groups -OCH3 is 1. The van der Waals surface area contributed by atoms with Crippen molar-refractivity contribution < 1.29 is 14.6 Å². The van der Waals surface area contributed by atoms with Gasteiger partial charge >= 0.3 is 0 Å². The number of hydrogen-bond donors (Lipinski definition) is 2. The van der Waals surface area contributed by atoms with Gasteiger partial charge in [0.1, 0.15) is 11.5 Å². The van der Waals surface area contributed by atoms with Gasteiger partial charge in [0.15, 0.2) is 0 Å². The quantitative estimate of drug-likeness (QED) is 0.879. The van der Waals surface area contributed by atoms with Gasteiger partial charge in [-0.15, -0.1) is 0 Å². The molecule has 0 spiro atoms. The summed E-state index contributed by atoms with van der Waals surface area (Å²) in [6.45, 7) is 5.34. The van der Waals surface area contributed by atoms with Crippen LogP contribution in [0.2, 0.25) is 0 Å². The van der Waals surface area contributed by atoms with Crippen molar-refractivity contribution in [1.29, 1.82) is 0 Å². The average Bonchev–Trinajstić information content (AvgIpc) is 2.85. The highest BCUT2D eigenvalue weighted by atomic mass is 16.5. The van der Waals surface area contributed by atoms with E-state index >= 15 is 0 Å². The average molecular weight is 278 g/mol. The molecule has 1 saturated heterocycles. The van der Waals surface area contributed by atoms with Crippen LogP contribution in [0.15, 0.2) is 18.2 Å². The first-order valence-electron chi connectivity index (χ1n) is 6.89. The fourth-order valence-electron chi connectivity index (χ4n) is 2.74. The molecule has 0 aromatic heterocycles. The Hall–Kier alpha value is -1.75. The summed E-state index contributed by atoms with van der Waals surface area (Å²) in [6.07, 6.45) is 0.945. The number of amides is 1. The number of benzene rings is 1. The fourth-order valence-corrected chi connectivity index (χ4v) is 2.74. The number of carbonyl (C=O) groups excluding carboxylic acids is 1. The predicted octanol–water partition coefficient (Wildman–Crippen LogP) is 1.67. The van der Waals surface area contributed by atoms with Gasteiger partial charge in [0.2, 0.25) is 5.91 Å². The lowest BCUT2D eigenvalue weighted by Crippen LogP contribution is -2.36. The Bertz CT molecular complexity index is 490. The lowest BCUT2D eigenvalue weighted by Gasteiger charge is -2.25. The maximum atomic E-state index is 11.1. The van der Waals surface area contributed by atoms with Crippen molar-refractivity contribution in [2.75, 3.05) is 20.2 Å². The van der Waals surface area contributed by atoms with Crippen LogP contribution < -0.4 is 10.1 Å². The first-order chi connectivity index (χ1) is 9.51. The van der Waals surface area contributed by atoms with Gasteiger partial charge in [-0.3, -0.25) is 9.69 Å². The number of hydrogen-bond acceptors (Lipinski definition) is 4. The summed E-state index contributed by atoms with van der Waals surface area (Å²) in [5.74, 6) is 0.910. The molecule has 5 heteroatoms. The number of phenols is 1. The van der Waals surface area contributed by atoms with Crippen molar-refractivity contribution in [3.8, 4) is 11.5 Å². The maximum absolute atomic E-state index is 11.1. The summed E-state index contributed by atoms with van der Waals surface area (Å²) in [7, 11) is 1.58. The number of rotatable bonds is 4. The largest absolute Gasteiger partial charge is 0.507 e. The minimum absolute atomic E-state index is 0.0109. The van der Waals surface area contributed by atoms with Gasteiger partial charge in [0.05, 0.1) is 7.11 Å². The Morgan fingerprint density at radius 2 is 2.30 bits per heavy atom. The summed E-state index contributed by atoms with van der Waals surface area (Å²) in [4.78, 5) is 13.4. The third-order valence-electron chi connectivity index (χ3n) is 3.86. The summed E-state index contributed by atoms with van der Waals surface area (Å²) in [5.41, 5.74) is 0.884. The van der Waals surface area contributed by atoms with Gasteiger partial charge in [-0.1, -0.05) is 6.07 Å². The van der Waals surface area contributed by atoms with E-state index in [0.29, 0.717) is 5.75 Å². The Labute approximate surface area is 119 Å². The summed E-state index contributed by atoms with van der Waals surface area (Å²) in [5, 5.41) is 13.0. The molecule has 0 radical (unpaired) electrons. The molecule has 20 heavy (non-hydrogen) atoms. The molecular formula is C15H22N2O3. The zero-order valence-corrected chi connectivity index (χ0v) is 12.2. The molecule has 110 valence electrons. The van der Waals surface area contributed by atoms with Crippen molar-refractivity contribution in [3.63, 3.8) is 0 Å². The Morgan fingerprint density at radius 1 is 1.55 bits per heavy atom. The molecule has 2 N–H and O–H groups in total. The van der Waals surface area contributed by atoms with E-state index in [2.05, 4.69) is 17.1 Å². The molecule has 2 atom stereocenters. The normalized spacial score (nSPS) is 20.6. The van der Waals surface area contributed by atoms with Crippen molar-refractivity contribution in [2.45, 2.75) is 32.4 Å². The van der Waals surface area contributed by atoms with Crippen LogP contribution in [0.4, 0.5) is 0 Å². The van der Waals surface area contributed by atoms with Crippen molar-refractivity contribution in [3.05, 3.63) is 23.8 Å². The molecule has 1 aromatic rings. The van der Waals surface area contributed by atoms with E-state index in [-0.39, 0.29) is 23.7 Å². The first kappa shape index (κ1) is 14.7. The molecule has 1 aromatic carbocycles. The molecule has 1 fully saturated rings. The number of nitrogens with zero attached hydrogens (tertiary/aromatic N) is 1. The highest BCUT2D eigenvalue weighted by molar-refractivity contribution is 5.73. The molecule has 2 unspecified atom stereocenters. The van der Waals surface area contributed by atoms with E-state index < -0.39 is 0 Å². The molecule has 0 bridgehead atoms. The second kappa shape index (κ2) is 6.13. The van der Waals surface area contributed by atoms with Crippen molar-refractivity contribution >= 4 is 5.91 Å². The van der Waals surface area contributed by atoms with E-state index in [1.807, 2.05) is 12.1 Å². The third-order valence-corrected chi connectivity index (χ3v) is 3.86. The van der Waals surface area contributed by atoms with Crippen LogP contribution in [0.5, 0.6) is 11.5 Å². The van der Waals surface area contributed by atoms with Gasteiger partial charge in [-0.05, 0) is 19.4 Å². The highest BCUT2D eigenvalue weighted by Crippen LogP contribution is 2.33. The molecule has 1 aliphatic heterocycles. The SMILES string of the molecule is COc1ccc(C(C)N2CCC(NC(C)=O)C2)c(O)c1. The number of ether oxygens (including phenoxy) is 1. The molecular weight excluding hydrogens is 256 g/mol. The minimum Gasteiger partial charge on any atom is -0.507 e. The van der Waals surface area contributed by atoms with Gasteiger partial charge in [-0.2, -0.15) is 0 Å². The van der Waals surface area contributed by atoms with Crippen LogP contribution in [0.25, 0.3) is 0 Å². The lowest BCUT2D eigenvalue weighted by atomic mass is 10.1. The minimum atomic E-state index is 0.0109. The topological polar surface area (TPSA) is 61.8 Å². The van der Waals surface area contributed by atoms with Gasteiger partial charge < -0.3 is 15.2 Å². The van der Waals surface area contributed by atoms with Crippen LogP contribution in [-0.2, 0) is 4.79 Å². The predicted molar refractivity (Wildman–Crippen MR) is 76.9 cm³/mol. The van der Waals surface area contributed by atoms with E-state index in [1.165, 1.54) is 0 Å². The lowest BCUT2D eigenvalue weighted by molar-refractivity contribution is -0.119. The number of phenolic OH excluding ortho intramolecular Hbond substituents is 1. The fraction of sp³-hybridized carbons (Fsp3) is 0.533. The number of carbonyl (C=O) groups is 1. The van der Waals surface area contributed by atoms with Crippen LogP contribution in [0.1, 0.15) is 31.9 Å². The third kappa shape index (κ3) is 3.22. The Morgan fingerprint density at radius 3 is 2.90 bits per heavy atom. The Balaban J connectivity index is 2.05. The van der Waals surface area contributed by atoms with E-state index in [9.17, 15) is 9.90 Å². The van der Waals surface area contributed by atoms with E-state index in [0.717, 1.165) is 25.1 Å². The monoisotopic (exact) mass is 278 g/mol. The smallest absolute Gasteiger partial charge is 0.217 e. The van der Waals surface area contributed by atoms with Gasteiger partial charge in [-0.25, -0.2) is 0 Å². The van der Waals surface area contributed by atoms with Crippen molar-refractivity contribution in [2.24, 2.45) is 0 Å². The summed E-state index contributed by atoms with van der Waals surface area (Å²) in [6, 6.07) is 5.69. The highest BCUT2D eigenvalue weighted by Gasteiger charge is 2.28. The second-order valence-corrected chi connectivity index (χ2v) is 5.28. The molecule has 1 amide bonds. The van der Waals surface area contributed by atoms with Crippen LogP contribution in [0, 0.1) is 0 Å². The van der Waals surface area contributed by atoms with Crippen LogP contribution in [-0.4, -0.2) is 42.2 Å². The molecule has 0 aliphatic carbocycles. The molecule has 1 aliphatic rings. The maximum Gasteiger partial charge on any atom is 0.217 e. The second-order valence-electron chi connectivity index (χ2n) is 5.28. The van der Waals surface area contributed by atoms with E-state index in [4.69, 9.17) is 4.74 Å². The standard InChI is InChI=1S/C15H22N2O3/c1-10(14-5-4-13(20-3)8-15(14)19)17-7-6-12(9-17)16-11(2)18/h4-5,8,10,12,19H,6-7,9H2,1-3H3,(H,16,18). The molecule has 5 nitrogen and oxygen atoms in total. The van der Waals surface area contributed by atoms with E-state index in [1.54, 1.807) is 20.1 Å². The van der Waals surface area contributed by atoms with Crippen molar-refractivity contribution in [1.82, 2.24) is 10.2 Å². The first-order valence-corrected chi connectivity index (χ1v) is 6.89. The van der Waals surface area contributed by atoms with Gasteiger partial charge in [0.25, 0.3) is 0 Å². The zero-order valence-electron chi connectivity index (χ0n) is 12.2. The summed E-state index contributed by atoms with van der Waals surface area (Å²) < 4.78 is 5.09. The summed E-state index contributed by atoms with van der Waals surface area (Å²) >= 11 is 0. The Kier molecular flexibility index (Phi) is 4.49. The van der Waals surface area contributed by atoms with Crippen LogP contribution >= 0.6 is 0 Å². The molecule has 0 saturated carbocycles. The molecule has 1 heterocycles. The molecule has 2 rings (SSSR count). The number of likely N-dealkylation sites (tertiary alicyclic amines) is 1. The number of aromatic hydroxyl groups is 1. The number of nitrogens with one attached hydrogen (secondary N) is 1. The van der Waals surface area contributed by atoms with Crippen LogP contribution in [0.3, 0.4) is 0 Å². The zero-order chi connectivity index (χ0) is 14.7.